The Bertz CT molecular complexity index is 521. The van der Waals surface area contributed by atoms with Gasteiger partial charge in [0.15, 0.2) is 0 Å². The van der Waals surface area contributed by atoms with Crippen LogP contribution in [0.2, 0.25) is 0 Å². The second-order valence-corrected chi connectivity index (χ2v) is 6.44. The summed E-state index contributed by atoms with van der Waals surface area (Å²) >= 11 is 3.18. The van der Waals surface area contributed by atoms with Gasteiger partial charge in [0.1, 0.15) is 0 Å². The van der Waals surface area contributed by atoms with Crippen LogP contribution in [0.3, 0.4) is 0 Å². The zero-order valence-electron chi connectivity index (χ0n) is 10.7. The molecule has 1 rings (SSSR count). The minimum absolute atomic E-state index is 0.128. The molecule has 0 amide bonds. The van der Waals surface area contributed by atoms with E-state index >= 15 is 0 Å². The Hall–Kier alpha value is -0.670. The number of methoxy groups -OCH3 is 2. The number of nitrogens with two attached hydrogens (primary N) is 1. The number of benzene rings is 1. The van der Waals surface area contributed by atoms with Gasteiger partial charge in [0.25, 0.3) is 0 Å². The van der Waals surface area contributed by atoms with Crippen molar-refractivity contribution < 1.29 is 17.9 Å². The number of rotatable bonds is 7. The van der Waals surface area contributed by atoms with Crippen LogP contribution in [0.5, 0.6) is 0 Å². The Balaban J connectivity index is 2.81. The van der Waals surface area contributed by atoms with Gasteiger partial charge in [-0.3, -0.25) is 0 Å². The Morgan fingerprint density at radius 2 is 2.11 bits per heavy atom. The molecule has 0 heterocycles. The van der Waals surface area contributed by atoms with Crippen LogP contribution in [-0.4, -0.2) is 41.9 Å². The van der Waals surface area contributed by atoms with E-state index in [1.54, 1.807) is 0 Å². The summed E-state index contributed by atoms with van der Waals surface area (Å²) in [6.45, 7) is 0.436. The number of hydrogen-bond acceptors (Lipinski definition) is 5. The van der Waals surface area contributed by atoms with E-state index in [0.29, 0.717) is 16.8 Å². The van der Waals surface area contributed by atoms with Gasteiger partial charge in [0, 0.05) is 30.9 Å². The molecule has 19 heavy (non-hydrogen) atoms. The van der Waals surface area contributed by atoms with Crippen molar-refractivity contribution in [2.24, 2.45) is 0 Å². The molecule has 0 aromatic heterocycles. The van der Waals surface area contributed by atoms with E-state index in [4.69, 9.17) is 15.2 Å². The summed E-state index contributed by atoms with van der Waals surface area (Å²) in [7, 11) is -0.597. The van der Waals surface area contributed by atoms with Gasteiger partial charge in [-0.1, -0.05) is 0 Å². The summed E-state index contributed by atoms with van der Waals surface area (Å²) in [5, 5.41) is 0. The van der Waals surface area contributed by atoms with Crippen molar-refractivity contribution in [3.8, 4) is 0 Å². The highest BCUT2D eigenvalue weighted by Crippen LogP contribution is 2.23. The van der Waals surface area contributed by atoms with Crippen LogP contribution in [0.15, 0.2) is 27.6 Å². The van der Waals surface area contributed by atoms with Gasteiger partial charge >= 0.3 is 0 Å². The Kier molecular flexibility index (Phi) is 6.21. The van der Waals surface area contributed by atoms with Crippen LogP contribution in [0.25, 0.3) is 0 Å². The van der Waals surface area contributed by atoms with E-state index in [9.17, 15) is 8.42 Å². The lowest BCUT2D eigenvalue weighted by atomic mass is 10.3. The predicted octanol–water partition coefficient (Wildman–Crippen LogP) is 0.971. The standard InChI is InChI=1S/C11H17BrN2O4S/c1-17-7-9(18-2)6-14-19(15,16)11-4-3-8(13)5-10(11)12/h3-5,9,14H,6-7,13H2,1-2H3. The molecule has 8 heteroatoms. The Labute approximate surface area is 121 Å². The molecule has 0 aliphatic carbocycles. The molecule has 0 fully saturated rings. The van der Waals surface area contributed by atoms with Crippen LogP contribution >= 0.6 is 15.9 Å². The van der Waals surface area contributed by atoms with Crippen molar-refractivity contribution in [2.75, 3.05) is 33.1 Å². The number of hydrogen-bond donors (Lipinski definition) is 2. The fourth-order valence-corrected chi connectivity index (χ4v) is 3.57. The molecule has 108 valence electrons. The minimum Gasteiger partial charge on any atom is -0.399 e. The third kappa shape index (κ3) is 4.73. The molecule has 0 aliphatic heterocycles. The third-order valence-electron chi connectivity index (χ3n) is 2.43. The van der Waals surface area contributed by atoms with E-state index in [-0.39, 0.29) is 17.5 Å². The number of nitrogens with one attached hydrogen (secondary N) is 1. The fraction of sp³-hybridized carbons (Fsp3) is 0.455. The SMILES string of the molecule is COCC(CNS(=O)(=O)c1ccc(N)cc1Br)OC. The van der Waals surface area contributed by atoms with Crippen molar-refractivity contribution in [1.29, 1.82) is 0 Å². The first-order chi connectivity index (χ1) is 8.90. The molecule has 0 spiro atoms. The highest BCUT2D eigenvalue weighted by Gasteiger charge is 2.19. The van der Waals surface area contributed by atoms with Crippen molar-refractivity contribution in [3.63, 3.8) is 0 Å². The largest absolute Gasteiger partial charge is 0.399 e. The number of sulfonamides is 1. The zero-order chi connectivity index (χ0) is 14.5. The summed E-state index contributed by atoms with van der Waals surface area (Å²) < 4.78 is 37.1. The molecule has 1 aromatic rings. The molecule has 0 radical (unpaired) electrons. The minimum atomic E-state index is -3.62. The summed E-state index contributed by atoms with van der Waals surface area (Å²) in [5.74, 6) is 0. The fourth-order valence-electron chi connectivity index (χ4n) is 1.41. The van der Waals surface area contributed by atoms with Gasteiger partial charge in [-0.25, -0.2) is 13.1 Å². The summed E-state index contributed by atoms with van der Waals surface area (Å²) in [6, 6.07) is 4.51. The lowest BCUT2D eigenvalue weighted by Crippen LogP contribution is -2.35. The summed E-state index contributed by atoms with van der Waals surface area (Å²) in [6.07, 6.45) is -0.340. The average molecular weight is 353 g/mol. The lowest BCUT2D eigenvalue weighted by Gasteiger charge is -2.15. The number of halogens is 1. The number of nitrogen functional groups attached to an aromatic ring is 1. The molecular formula is C11H17BrN2O4S. The molecule has 1 aromatic carbocycles. The van der Waals surface area contributed by atoms with Crippen molar-refractivity contribution in [3.05, 3.63) is 22.7 Å². The first kappa shape index (κ1) is 16.4. The van der Waals surface area contributed by atoms with Crippen LogP contribution in [-0.2, 0) is 19.5 Å². The van der Waals surface area contributed by atoms with Gasteiger partial charge in [-0.2, -0.15) is 0 Å². The zero-order valence-corrected chi connectivity index (χ0v) is 13.1. The second kappa shape index (κ2) is 7.20. The smallest absolute Gasteiger partial charge is 0.241 e. The Morgan fingerprint density at radius 1 is 1.42 bits per heavy atom. The maximum atomic E-state index is 12.1. The van der Waals surface area contributed by atoms with Crippen molar-refractivity contribution in [2.45, 2.75) is 11.0 Å². The molecule has 0 saturated heterocycles. The number of anilines is 1. The highest BCUT2D eigenvalue weighted by molar-refractivity contribution is 9.10. The molecule has 1 unspecified atom stereocenters. The van der Waals surface area contributed by atoms with E-state index in [1.165, 1.54) is 32.4 Å². The highest BCUT2D eigenvalue weighted by atomic mass is 79.9. The van der Waals surface area contributed by atoms with E-state index in [2.05, 4.69) is 20.7 Å². The van der Waals surface area contributed by atoms with Gasteiger partial charge in [0.2, 0.25) is 10.0 Å². The molecule has 1 atom stereocenters. The van der Waals surface area contributed by atoms with Crippen molar-refractivity contribution in [1.82, 2.24) is 4.72 Å². The second-order valence-electron chi connectivity index (χ2n) is 3.85. The van der Waals surface area contributed by atoms with E-state index in [0.717, 1.165) is 0 Å². The molecule has 0 bridgehead atoms. The summed E-state index contributed by atoms with van der Waals surface area (Å²) in [4.78, 5) is 0.133. The van der Waals surface area contributed by atoms with Gasteiger partial charge in [0.05, 0.1) is 17.6 Å². The molecule has 0 aliphatic rings. The summed E-state index contributed by atoms with van der Waals surface area (Å²) in [5.41, 5.74) is 6.06. The van der Waals surface area contributed by atoms with Crippen LogP contribution in [0, 0.1) is 0 Å². The monoisotopic (exact) mass is 352 g/mol. The van der Waals surface area contributed by atoms with Crippen LogP contribution in [0.1, 0.15) is 0 Å². The average Bonchev–Trinajstić information content (AvgIpc) is 2.34. The van der Waals surface area contributed by atoms with Gasteiger partial charge in [-0.05, 0) is 34.1 Å². The molecule has 0 saturated carbocycles. The molecule has 6 nitrogen and oxygen atoms in total. The van der Waals surface area contributed by atoms with Crippen molar-refractivity contribution >= 4 is 31.6 Å². The van der Waals surface area contributed by atoms with E-state index in [1.807, 2.05) is 0 Å². The maximum Gasteiger partial charge on any atom is 0.241 e. The Morgan fingerprint density at radius 3 is 2.63 bits per heavy atom. The third-order valence-corrected chi connectivity index (χ3v) is 4.83. The van der Waals surface area contributed by atoms with Crippen LogP contribution in [0.4, 0.5) is 5.69 Å². The first-order valence-electron chi connectivity index (χ1n) is 5.47. The molecule has 3 N–H and O–H groups in total. The maximum absolute atomic E-state index is 12.1. The quantitative estimate of drug-likeness (QED) is 0.713. The first-order valence-corrected chi connectivity index (χ1v) is 7.74. The van der Waals surface area contributed by atoms with E-state index < -0.39 is 10.0 Å². The number of ether oxygens (including phenoxy) is 2. The lowest BCUT2D eigenvalue weighted by molar-refractivity contribution is 0.0320. The normalized spacial score (nSPS) is 13.4. The molecular weight excluding hydrogens is 336 g/mol. The van der Waals surface area contributed by atoms with Crippen LogP contribution < -0.4 is 10.5 Å². The topological polar surface area (TPSA) is 90.7 Å². The predicted molar refractivity (Wildman–Crippen MR) is 76.4 cm³/mol. The van der Waals surface area contributed by atoms with Gasteiger partial charge in [-0.15, -0.1) is 0 Å². The van der Waals surface area contributed by atoms with Gasteiger partial charge < -0.3 is 15.2 Å².